The van der Waals surface area contributed by atoms with Gasteiger partial charge < -0.3 is 9.47 Å². The van der Waals surface area contributed by atoms with Crippen molar-refractivity contribution in [2.24, 2.45) is 0 Å². The Labute approximate surface area is 91.2 Å². The predicted octanol–water partition coefficient (Wildman–Crippen LogP) is 2.94. The van der Waals surface area contributed by atoms with Gasteiger partial charge in [0, 0.05) is 13.0 Å². The van der Waals surface area contributed by atoms with E-state index in [0.717, 1.165) is 25.4 Å². The third-order valence-corrected chi connectivity index (χ3v) is 2.81. The lowest BCUT2D eigenvalue weighted by Crippen LogP contribution is -2.11. The Bertz CT molecular complexity index is 303. The molecule has 1 atom stereocenters. The van der Waals surface area contributed by atoms with Crippen LogP contribution in [0, 0.1) is 6.92 Å². The van der Waals surface area contributed by atoms with E-state index < -0.39 is 0 Å². The van der Waals surface area contributed by atoms with Gasteiger partial charge in [-0.15, -0.1) is 0 Å². The Kier molecular flexibility index (Phi) is 3.62. The van der Waals surface area contributed by atoms with E-state index in [9.17, 15) is 0 Å². The molecular weight excluding hydrogens is 188 g/mol. The summed E-state index contributed by atoms with van der Waals surface area (Å²) in [6.45, 7) is 3.76. The molecule has 15 heavy (non-hydrogen) atoms. The maximum atomic E-state index is 5.72. The molecule has 1 saturated heterocycles. The van der Waals surface area contributed by atoms with Gasteiger partial charge in [0.05, 0.1) is 12.7 Å². The summed E-state index contributed by atoms with van der Waals surface area (Å²) in [5.74, 6) is 0.996. The largest absolute Gasteiger partial charge is 0.493 e. The minimum Gasteiger partial charge on any atom is -0.493 e. The smallest absolute Gasteiger partial charge is 0.122 e. The van der Waals surface area contributed by atoms with Crippen LogP contribution in [0.25, 0.3) is 0 Å². The van der Waals surface area contributed by atoms with E-state index in [-0.39, 0.29) is 0 Å². The first-order chi connectivity index (χ1) is 7.36. The molecule has 0 bridgehead atoms. The molecule has 0 N–H and O–H groups in total. The molecular formula is C13H18O2. The topological polar surface area (TPSA) is 18.5 Å². The van der Waals surface area contributed by atoms with Crippen LogP contribution < -0.4 is 4.74 Å². The van der Waals surface area contributed by atoms with Gasteiger partial charge >= 0.3 is 0 Å². The summed E-state index contributed by atoms with van der Waals surface area (Å²) >= 11 is 0. The molecule has 0 aromatic heterocycles. The first kappa shape index (κ1) is 10.5. The summed E-state index contributed by atoms with van der Waals surface area (Å²) in [6.07, 6.45) is 3.83. The number of para-hydroxylation sites is 1. The number of hydrogen-bond acceptors (Lipinski definition) is 2. The van der Waals surface area contributed by atoms with Crippen LogP contribution in [0.2, 0.25) is 0 Å². The van der Waals surface area contributed by atoms with Crippen molar-refractivity contribution in [2.75, 3.05) is 13.2 Å². The summed E-state index contributed by atoms with van der Waals surface area (Å²) in [5.41, 5.74) is 1.20. The van der Waals surface area contributed by atoms with Gasteiger partial charge in [0.1, 0.15) is 5.75 Å². The molecule has 0 radical (unpaired) electrons. The Morgan fingerprint density at radius 1 is 1.40 bits per heavy atom. The van der Waals surface area contributed by atoms with Gasteiger partial charge in [-0.2, -0.15) is 0 Å². The lowest BCUT2D eigenvalue weighted by Gasteiger charge is -2.11. The number of ether oxygens (including phenoxy) is 2. The molecule has 2 rings (SSSR count). The molecule has 1 aliphatic rings. The van der Waals surface area contributed by atoms with Gasteiger partial charge in [-0.1, -0.05) is 18.2 Å². The minimum absolute atomic E-state index is 0.425. The van der Waals surface area contributed by atoms with Gasteiger partial charge in [-0.05, 0) is 31.4 Å². The lowest BCUT2D eigenvalue weighted by atomic mass is 10.2. The van der Waals surface area contributed by atoms with Gasteiger partial charge in [-0.25, -0.2) is 0 Å². The normalized spacial score (nSPS) is 20.5. The van der Waals surface area contributed by atoms with Crippen LogP contribution in [0.4, 0.5) is 0 Å². The first-order valence-electron chi connectivity index (χ1n) is 5.66. The quantitative estimate of drug-likeness (QED) is 0.754. The molecule has 2 nitrogen and oxygen atoms in total. The van der Waals surface area contributed by atoms with E-state index in [1.807, 2.05) is 18.2 Å². The lowest BCUT2D eigenvalue weighted by molar-refractivity contribution is 0.0902. The van der Waals surface area contributed by atoms with Gasteiger partial charge in [0.25, 0.3) is 0 Å². The average Bonchev–Trinajstić information content (AvgIpc) is 2.74. The Morgan fingerprint density at radius 3 is 3.00 bits per heavy atom. The van der Waals surface area contributed by atoms with E-state index in [1.165, 1.54) is 18.4 Å². The number of aryl methyl sites for hydroxylation is 1. The molecule has 0 amide bonds. The van der Waals surface area contributed by atoms with E-state index in [0.29, 0.717) is 6.10 Å². The second kappa shape index (κ2) is 5.17. The van der Waals surface area contributed by atoms with Crippen molar-refractivity contribution in [2.45, 2.75) is 32.3 Å². The maximum absolute atomic E-state index is 5.72. The van der Waals surface area contributed by atoms with Gasteiger partial charge in [-0.3, -0.25) is 0 Å². The van der Waals surface area contributed by atoms with Crippen LogP contribution in [0.15, 0.2) is 24.3 Å². The molecule has 2 heteroatoms. The second-order valence-electron chi connectivity index (χ2n) is 4.04. The summed E-state index contributed by atoms with van der Waals surface area (Å²) in [5, 5.41) is 0. The molecule has 0 aliphatic carbocycles. The first-order valence-corrected chi connectivity index (χ1v) is 5.66. The Balaban J connectivity index is 1.75. The van der Waals surface area contributed by atoms with Crippen molar-refractivity contribution in [3.63, 3.8) is 0 Å². The van der Waals surface area contributed by atoms with Crippen LogP contribution in [-0.4, -0.2) is 19.3 Å². The minimum atomic E-state index is 0.425. The van der Waals surface area contributed by atoms with Gasteiger partial charge in [0.2, 0.25) is 0 Å². The van der Waals surface area contributed by atoms with Crippen molar-refractivity contribution in [1.82, 2.24) is 0 Å². The standard InChI is InChI=1S/C13H18O2/c1-11-5-2-3-7-13(11)15-10-8-12-6-4-9-14-12/h2-3,5,7,12H,4,6,8-10H2,1H3. The van der Waals surface area contributed by atoms with Crippen molar-refractivity contribution < 1.29 is 9.47 Å². The van der Waals surface area contributed by atoms with Crippen molar-refractivity contribution in [1.29, 1.82) is 0 Å². The van der Waals surface area contributed by atoms with E-state index >= 15 is 0 Å². The Morgan fingerprint density at radius 2 is 2.27 bits per heavy atom. The fourth-order valence-corrected chi connectivity index (χ4v) is 1.89. The molecule has 1 fully saturated rings. The van der Waals surface area contributed by atoms with Crippen LogP contribution in [0.3, 0.4) is 0 Å². The molecule has 1 heterocycles. The monoisotopic (exact) mass is 206 g/mol. The highest BCUT2D eigenvalue weighted by molar-refractivity contribution is 5.31. The zero-order valence-corrected chi connectivity index (χ0v) is 9.24. The van der Waals surface area contributed by atoms with Gasteiger partial charge in [0.15, 0.2) is 0 Å². The highest BCUT2D eigenvalue weighted by Gasteiger charge is 2.15. The van der Waals surface area contributed by atoms with Crippen LogP contribution >= 0.6 is 0 Å². The zero-order chi connectivity index (χ0) is 10.5. The third-order valence-electron chi connectivity index (χ3n) is 2.81. The molecule has 1 aromatic carbocycles. The molecule has 0 saturated carbocycles. The molecule has 1 unspecified atom stereocenters. The Hall–Kier alpha value is -1.02. The van der Waals surface area contributed by atoms with Crippen molar-refractivity contribution in [3.8, 4) is 5.75 Å². The zero-order valence-electron chi connectivity index (χ0n) is 9.24. The maximum Gasteiger partial charge on any atom is 0.122 e. The summed E-state index contributed by atoms with van der Waals surface area (Å²) < 4.78 is 11.3. The van der Waals surface area contributed by atoms with Crippen LogP contribution in [0.1, 0.15) is 24.8 Å². The summed E-state index contributed by atoms with van der Waals surface area (Å²) in [4.78, 5) is 0. The summed E-state index contributed by atoms with van der Waals surface area (Å²) in [6, 6.07) is 8.13. The number of hydrogen-bond donors (Lipinski definition) is 0. The number of benzene rings is 1. The SMILES string of the molecule is Cc1ccccc1OCCC1CCCO1. The third kappa shape index (κ3) is 2.96. The highest BCUT2D eigenvalue weighted by Crippen LogP contribution is 2.19. The number of rotatable bonds is 4. The summed E-state index contributed by atoms with van der Waals surface area (Å²) in [7, 11) is 0. The van der Waals surface area contributed by atoms with E-state index in [2.05, 4.69) is 13.0 Å². The van der Waals surface area contributed by atoms with Crippen LogP contribution in [-0.2, 0) is 4.74 Å². The highest BCUT2D eigenvalue weighted by atomic mass is 16.5. The molecule has 1 aromatic rings. The van der Waals surface area contributed by atoms with E-state index in [4.69, 9.17) is 9.47 Å². The molecule has 0 spiro atoms. The molecule has 82 valence electrons. The fourth-order valence-electron chi connectivity index (χ4n) is 1.89. The second-order valence-corrected chi connectivity index (χ2v) is 4.04. The van der Waals surface area contributed by atoms with E-state index in [1.54, 1.807) is 0 Å². The van der Waals surface area contributed by atoms with Crippen LogP contribution in [0.5, 0.6) is 5.75 Å². The molecule has 1 aliphatic heterocycles. The van der Waals surface area contributed by atoms with Crippen molar-refractivity contribution >= 4 is 0 Å². The van der Waals surface area contributed by atoms with Crippen molar-refractivity contribution in [3.05, 3.63) is 29.8 Å². The predicted molar refractivity (Wildman–Crippen MR) is 60.3 cm³/mol. The fraction of sp³-hybridized carbons (Fsp3) is 0.538. The average molecular weight is 206 g/mol.